The minimum Gasteiger partial charge on any atom is -0.324 e. The number of aromatic amines is 2. The highest BCUT2D eigenvalue weighted by molar-refractivity contribution is 5.95. The predicted octanol–water partition coefficient (Wildman–Crippen LogP) is 4.14. The number of amides is 1. The summed E-state index contributed by atoms with van der Waals surface area (Å²) in [6.07, 6.45) is 7.07. The van der Waals surface area contributed by atoms with Crippen LogP contribution in [-0.2, 0) is 11.2 Å². The van der Waals surface area contributed by atoms with E-state index in [1.807, 2.05) is 54.6 Å². The van der Waals surface area contributed by atoms with Gasteiger partial charge in [0.15, 0.2) is 11.5 Å². The first-order chi connectivity index (χ1) is 16.7. The van der Waals surface area contributed by atoms with Crippen molar-refractivity contribution in [3.63, 3.8) is 0 Å². The number of H-pyrrole nitrogens is 2. The molecule has 1 aromatic carbocycles. The van der Waals surface area contributed by atoms with Crippen molar-refractivity contribution in [1.29, 1.82) is 0 Å². The van der Waals surface area contributed by atoms with Crippen LogP contribution >= 0.6 is 0 Å². The third kappa shape index (κ3) is 3.75. The van der Waals surface area contributed by atoms with Gasteiger partial charge in [-0.3, -0.25) is 19.9 Å². The minimum absolute atomic E-state index is 0.107. The number of pyridine rings is 3. The molecule has 6 rings (SSSR count). The fourth-order valence-corrected chi connectivity index (χ4v) is 3.85. The molecule has 0 aliphatic rings. The van der Waals surface area contributed by atoms with Crippen LogP contribution < -0.4 is 5.32 Å². The molecule has 5 heterocycles. The van der Waals surface area contributed by atoms with Crippen LogP contribution in [0.5, 0.6) is 0 Å². The van der Waals surface area contributed by atoms with Crippen molar-refractivity contribution < 1.29 is 4.79 Å². The van der Waals surface area contributed by atoms with Crippen LogP contribution in [0.3, 0.4) is 0 Å². The van der Waals surface area contributed by atoms with Crippen LogP contribution in [0.1, 0.15) is 5.56 Å². The Hall–Kier alpha value is -4.92. The molecule has 1 amide bonds. The van der Waals surface area contributed by atoms with Crippen LogP contribution in [0.25, 0.3) is 44.8 Å². The van der Waals surface area contributed by atoms with Gasteiger partial charge in [-0.1, -0.05) is 30.3 Å². The van der Waals surface area contributed by atoms with Gasteiger partial charge in [-0.15, -0.1) is 0 Å². The summed E-state index contributed by atoms with van der Waals surface area (Å²) in [6, 6.07) is 17.1. The molecule has 0 atom stereocenters. The third-order valence-electron chi connectivity index (χ3n) is 5.45. The van der Waals surface area contributed by atoms with Gasteiger partial charge in [0.1, 0.15) is 11.2 Å². The topological polar surface area (TPSA) is 125 Å². The number of anilines is 1. The number of nitrogens with zero attached hydrogens (tertiary/aromatic N) is 5. The molecule has 3 N–H and O–H groups in total. The van der Waals surface area contributed by atoms with Gasteiger partial charge in [-0.2, -0.15) is 5.10 Å². The second kappa shape index (κ2) is 8.21. The predicted molar refractivity (Wildman–Crippen MR) is 129 cm³/mol. The van der Waals surface area contributed by atoms with Gasteiger partial charge in [0, 0.05) is 23.3 Å². The number of carbonyl (C=O) groups excluding carboxylic acids is 1. The Morgan fingerprint density at radius 2 is 1.88 bits per heavy atom. The van der Waals surface area contributed by atoms with Crippen LogP contribution in [-0.4, -0.2) is 41.0 Å². The number of aromatic nitrogens is 7. The van der Waals surface area contributed by atoms with Crippen LogP contribution in [0.15, 0.2) is 79.4 Å². The lowest BCUT2D eigenvalue weighted by Gasteiger charge is -2.07. The number of hydrogen-bond donors (Lipinski definition) is 3. The lowest BCUT2D eigenvalue weighted by molar-refractivity contribution is -0.115. The van der Waals surface area contributed by atoms with Crippen molar-refractivity contribution in [2.45, 2.75) is 6.42 Å². The van der Waals surface area contributed by atoms with Crippen LogP contribution in [0.2, 0.25) is 0 Å². The van der Waals surface area contributed by atoms with Crippen molar-refractivity contribution in [2.24, 2.45) is 0 Å². The number of benzene rings is 1. The summed E-state index contributed by atoms with van der Waals surface area (Å²) < 4.78 is 0. The summed E-state index contributed by atoms with van der Waals surface area (Å²) in [5, 5.41) is 11.2. The van der Waals surface area contributed by atoms with E-state index in [0.717, 1.165) is 27.5 Å². The van der Waals surface area contributed by atoms with Crippen LogP contribution in [0.4, 0.5) is 5.69 Å². The summed E-state index contributed by atoms with van der Waals surface area (Å²) in [6.45, 7) is 0. The van der Waals surface area contributed by atoms with E-state index in [-0.39, 0.29) is 5.91 Å². The van der Waals surface area contributed by atoms with Gasteiger partial charge in [0.2, 0.25) is 5.91 Å². The zero-order valence-electron chi connectivity index (χ0n) is 17.9. The SMILES string of the molecule is O=C(Cc1ccccc1)Nc1cncc(-c2cc3c(-c4nc5cccnc5[nH]4)n[nH]c3cn2)c1. The maximum atomic E-state index is 12.5. The molecule has 9 nitrogen and oxygen atoms in total. The summed E-state index contributed by atoms with van der Waals surface area (Å²) in [5.41, 5.74) is 5.97. The number of nitrogens with one attached hydrogen (secondary N) is 3. The van der Waals surface area contributed by atoms with E-state index in [1.54, 1.807) is 24.8 Å². The Balaban J connectivity index is 1.30. The monoisotopic (exact) mass is 446 g/mol. The summed E-state index contributed by atoms with van der Waals surface area (Å²) >= 11 is 0. The second-order valence-electron chi connectivity index (χ2n) is 7.82. The maximum Gasteiger partial charge on any atom is 0.228 e. The quantitative estimate of drug-likeness (QED) is 0.365. The van der Waals surface area contributed by atoms with Gasteiger partial charge in [-0.25, -0.2) is 9.97 Å². The molecule has 0 fully saturated rings. The highest BCUT2D eigenvalue weighted by atomic mass is 16.1. The van der Waals surface area contributed by atoms with Crippen molar-refractivity contribution >= 4 is 33.7 Å². The number of fused-ring (bicyclic) bond motifs is 2. The van der Waals surface area contributed by atoms with Gasteiger partial charge in [0.05, 0.1) is 35.7 Å². The van der Waals surface area contributed by atoms with Crippen LogP contribution in [0, 0.1) is 0 Å². The first kappa shape index (κ1) is 19.7. The number of carbonyl (C=O) groups is 1. The maximum absolute atomic E-state index is 12.5. The number of hydrogen-bond acceptors (Lipinski definition) is 6. The largest absolute Gasteiger partial charge is 0.324 e. The number of rotatable bonds is 5. The van der Waals surface area contributed by atoms with Gasteiger partial charge in [0.25, 0.3) is 0 Å². The fourth-order valence-electron chi connectivity index (χ4n) is 3.85. The molecular weight excluding hydrogens is 428 g/mol. The third-order valence-corrected chi connectivity index (χ3v) is 5.45. The van der Waals surface area contributed by atoms with E-state index in [4.69, 9.17) is 0 Å². The molecule has 164 valence electrons. The molecule has 34 heavy (non-hydrogen) atoms. The van der Waals surface area contributed by atoms with Crippen molar-refractivity contribution in [3.8, 4) is 22.8 Å². The highest BCUT2D eigenvalue weighted by Crippen LogP contribution is 2.29. The summed E-state index contributed by atoms with van der Waals surface area (Å²) in [4.78, 5) is 33.4. The first-order valence-corrected chi connectivity index (χ1v) is 10.7. The Kier molecular flexibility index (Phi) is 4.77. The fraction of sp³-hybridized carbons (Fsp3) is 0.0400. The Bertz CT molecular complexity index is 1600. The average molecular weight is 446 g/mol. The lowest BCUT2D eigenvalue weighted by Crippen LogP contribution is -2.14. The Labute approximate surface area is 193 Å². The van der Waals surface area contributed by atoms with E-state index in [9.17, 15) is 4.79 Å². The first-order valence-electron chi connectivity index (χ1n) is 10.7. The number of imidazole rings is 1. The molecule has 6 aromatic rings. The lowest BCUT2D eigenvalue weighted by atomic mass is 10.1. The zero-order chi connectivity index (χ0) is 22.9. The molecule has 0 saturated carbocycles. The van der Waals surface area contributed by atoms with E-state index in [1.165, 1.54) is 0 Å². The van der Waals surface area contributed by atoms with E-state index >= 15 is 0 Å². The van der Waals surface area contributed by atoms with Gasteiger partial charge in [-0.05, 0) is 29.8 Å². The molecule has 9 heteroatoms. The molecule has 0 radical (unpaired) electrons. The van der Waals surface area contributed by atoms with Crippen molar-refractivity contribution in [3.05, 3.63) is 84.9 Å². The van der Waals surface area contributed by atoms with Gasteiger partial charge >= 0.3 is 0 Å². The normalized spacial score (nSPS) is 11.2. The van der Waals surface area contributed by atoms with Crippen molar-refractivity contribution in [1.82, 2.24) is 35.1 Å². The molecule has 0 saturated heterocycles. The molecular formula is C25H18N8O. The highest BCUT2D eigenvalue weighted by Gasteiger charge is 2.15. The molecule has 0 spiro atoms. The van der Waals surface area contributed by atoms with E-state index < -0.39 is 0 Å². The minimum atomic E-state index is -0.107. The Morgan fingerprint density at radius 1 is 0.971 bits per heavy atom. The van der Waals surface area contributed by atoms with E-state index in [0.29, 0.717) is 35.0 Å². The summed E-state index contributed by atoms with van der Waals surface area (Å²) in [5.74, 6) is 0.515. The average Bonchev–Trinajstić information content (AvgIpc) is 3.48. The second-order valence-corrected chi connectivity index (χ2v) is 7.82. The standard InChI is InChI=1S/C25H18N8O/c34-22(9-15-5-2-1-3-6-15)29-17-10-16(12-26-13-17)20-11-18-21(14-28-20)32-33-23(18)25-30-19-7-4-8-27-24(19)31-25/h1-8,10-14H,9H2,(H,29,34)(H,32,33)(H,27,30,31). The zero-order valence-corrected chi connectivity index (χ0v) is 17.9. The molecule has 0 aliphatic heterocycles. The molecule has 0 bridgehead atoms. The molecule has 0 unspecified atom stereocenters. The molecule has 0 aliphatic carbocycles. The van der Waals surface area contributed by atoms with E-state index in [2.05, 4.69) is 40.4 Å². The molecule has 5 aromatic heterocycles. The Morgan fingerprint density at radius 3 is 2.76 bits per heavy atom. The smallest absolute Gasteiger partial charge is 0.228 e. The van der Waals surface area contributed by atoms with Crippen molar-refractivity contribution in [2.75, 3.05) is 5.32 Å². The summed E-state index contributed by atoms with van der Waals surface area (Å²) in [7, 11) is 0. The van der Waals surface area contributed by atoms with Gasteiger partial charge < -0.3 is 10.3 Å².